The molecule has 0 unspecified atom stereocenters. The number of esters is 1. The second-order valence-corrected chi connectivity index (χ2v) is 2.74. The van der Waals surface area contributed by atoms with Crippen molar-refractivity contribution >= 4 is 12.1 Å². The summed E-state index contributed by atoms with van der Waals surface area (Å²) in [6.07, 6.45) is 0.582. The minimum absolute atomic E-state index is 0.144. The highest BCUT2D eigenvalue weighted by Gasteiger charge is 2.21. The third kappa shape index (κ3) is 10.7. The summed E-state index contributed by atoms with van der Waals surface area (Å²) in [5, 5.41) is 17.0. The van der Waals surface area contributed by atoms with Crippen LogP contribution in [0, 0.1) is 0 Å². The standard InChI is InChI=1S/C7H13NO2.CH2O3/c1-2-10-7(9)5-8-6-3-4-6;2-1(3)4/h6,8H,2-5H2,1H3;(H2,2,3,4). The summed E-state index contributed by atoms with van der Waals surface area (Å²) in [4.78, 5) is 19.2. The predicted octanol–water partition coefficient (Wildman–Crippen LogP) is 0.524. The Morgan fingerprint density at radius 3 is 2.29 bits per heavy atom. The van der Waals surface area contributed by atoms with Crippen molar-refractivity contribution in [3.05, 3.63) is 0 Å². The molecular weight excluding hydrogens is 190 g/mol. The fraction of sp³-hybridized carbons (Fsp3) is 0.750. The summed E-state index contributed by atoms with van der Waals surface area (Å²) in [6.45, 7) is 2.67. The molecule has 0 saturated heterocycles. The lowest BCUT2D eigenvalue weighted by Gasteiger charge is -2.01. The van der Waals surface area contributed by atoms with Gasteiger partial charge in [-0.1, -0.05) is 0 Å². The molecule has 1 rings (SSSR count). The summed E-state index contributed by atoms with van der Waals surface area (Å²) in [5.74, 6) is -0.144. The van der Waals surface area contributed by atoms with Gasteiger partial charge in [0.1, 0.15) is 0 Å². The molecule has 1 aliphatic carbocycles. The largest absolute Gasteiger partial charge is 0.503 e. The van der Waals surface area contributed by atoms with Gasteiger partial charge in [0, 0.05) is 6.04 Å². The van der Waals surface area contributed by atoms with Crippen molar-refractivity contribution in [2.45, 2.75) is 25.8 Å². The molecule has 1 aliphatic rings. The van der Waals surface area contributed by atoms with Crippen molar-refractivity contribution in [2.24, 2.45) is 0 Å². The number of carbonyl (C=O) groups is 2. The molecule has 0 heterocycles. The summed E-state index contributed by atoms with van der Waals surface area (Å²) in [7, 11) is 0. The maximum Gasteiger partial charge on any atom is 0.503 e. The Bertz CT molecular complexity index is 186. The maximum atomic E-state index is 10.7. The number of carboxylic acid groups (broad SMARTS) is 2. The topological polar surface area (TPSA) is 95.9 Å². The van der Waals surface area contributed by atoms with Gasteiger partial charge in [0.25, 0.3) is 0 Å². The molecular formula is C8H15NO5. The molecule has 0 amide bonds. The van der Waals surface area contributed by atoms with E-state index in [2.05, 4.69) is 5.32 Å². The fourth-order valence-corrected chi connectivity index (χ4v) is 0.727. The first-order valence-electron chi connectivity index (χ1n) is 4.37. The molecule has 0 aromatic rings. The van der Waals surface area contributed by atoms with Gasteiger partial charge in [0.2, 0.25) is 0 Å². The van der Waals surface area contributed by atoms with E-state index in [-0.39, 0.29) is 5.97 Å². The summed E-state index contributed by atoms with van der Waals surface area (Å²) < 4.78 is 4.72. The van der Waals surface area contributed by atoms with E-state index in [4.69, 9.17) is 19.7 Å². The fourth-order valence-electron chi connectivity index (χ4n) is 0.727. The van der Waals surface area contributed by atoms with Crippen molar-refractivity contribution in [1.82, 2.24) is 5.32 Å². The molecule has 0 aliphatic heterocycles. The van der Waals surface area contributed by atoms with Gasteiger partial charge in [-0.05, 0) is 19.8 Å². The zero-order chi connectivity index (χ0) is 11.0. The third-order valence-corrected chi connectivity index (χ3v) is 1.42. The van der Waals surface area contributed by atoms with Crippen molar-refractivity contribution in [3.8, 4) is 0 Å². The van der Waals surface area contributed by atoms with E-state index in [0.717, 1.165) is 0 Å². The van der Waals surface area contributed by atoms with Crippen molar-refractivity contribution < 1.29 is 24.5 Å². The normalized spacial score (nSPS) is 13.8. The molecule has 1 fully saturated rings. The zero-order valence-electron chi connectivity index (χ0n) is 8.02. The maximum absolute atomic E-state index is 10.7. The molecule has 0 aromatic carbocycles. The predicted molar refractivity (Wildman–Crippen MR) is 48.3 cm³/mol. The van der Waals surface area contributed by atoms with Crippen LogP contribution in [0.1, 0.15) is 19.8 Å². The Kier molecular flexibility index (Phi) is 6.47. The second-order valence-electron chi connectivity index (χ2n) is 2.74. The second kappa shape index (κ2) is 7.14. The molecule has 6 heteroatoms. The molecule has 0 bridgehead atoms. The highest BCUT2D eigenvalue weighted by molar-refractivity contribution is 5.71. The number of hydrogen-bond donors (Lipinski definition) is 3. The van der Waals surface area contributed by atoms with Crippen LogP contribution < -0.4 is 5.32 Å². The lowest BCUT2D eigenvalue weighted by atomic mass is 10.6. The minimum Gasteiger partial charge on any atom is -0.465 e. The molecule has 0 radical (unpaired) electrons. The smallest absolute Gasteiger partial charge is 0.465 e. The molecule has 0 aromatic heterocycles. The summed E-state index contributed by atoms with van der Waals surface area (Å²) in [6, 6.07) is 0.587. The first kappa shape index (κ1) is 12.7. The van der Waals surface area contributed by atoms with E-state index >= 15 is 0 Å². The van der Waals surface area contributed by atoms with Crippen LogP contribution in [0.4, 0.5) is 4.79 Å². The van der Waals surface area contributed by atoms with Gasteiger partial charge in [-0.25, -0.2) is 4.79 Å². The lowest BCUT2D eigenvalue weighted by molar-refractivity contribution is -0.142. The average molecular weight is 205 g/mol. The van der Waals surface area contributed by atoms with Gasteiger partial charge in [-0.15, -0.1) is 0 Å². The molecule has 14 heavy (non-hydrogen) atoms. The molecule has 6 nitrogen and oxygen atoms in total. The van der Waals surface area contributed by atoms with E-state index in [1.54, 1.807) is 0 Å². The van der Waals surface area contributed by atoms with Gasteiger partial charge in [-0.2, -0.15) is 0 Å². The van der Waals surface area contributed by atoms with Gasteiger partial charge < -0.3 is 20.3 Å². The third-order valence-electron chi connectivity index (χ3n) is 1.42. The Hall–Kier alpha value is -1.30. The Labute approximate surface area is 81.9 Å². The van der Waals surface area contributed by atoms with Crippen LogP contribution in [0.2, 0.25) is 0 Å². The van der Waals surface area contributed by atoms with E-state index in [0.29, 0.717) is 19.2 Å². The van der Waals surface area contributed by atoms with Crippen LogP contribution in [-0.4, -0.2) is 41.5 Å². The number of carbonyl (C=O) groups excluding carboxylic acids is 1. The van der Waals surface area contributed by atoms with E-state index in [1.807, 2.05) is 6.92 Å². The average Bonchev–Trinajstić information content (AvgIpc) is 2.83. The highest BCUT2D eigenvalue weighted by atomic mass is 16.6. The monoisotopic (exact) mass is 205 g/mol. The summed E-state index contributed by atoms with van der Waals surface area (Å²) in [5.41, 5.74) is 0. The number of rotatable bonds is 4. The molecule has 3 N–H and O–H groups in total. The quantitative estimate of drug-likeness (QED) is 0.579. The number of nitrogens with one attached hydrogen (secondary N) is 1. The van der Waals surface area contributed by atoms with Crippen molar-refractivity contribution in [3.63, 3.8) is 0 Å². The first-order valence-corrected chi connectivity index (χ1v) is 4.37. The van der Waals surface area contributed by atoms with Gasteiger partial charge in [0.05, 0.1) is 13.2 Å². The molecule has 0 spiro atoms. The van der Waals surface area contributed by atoms with E-state index in [1.165, 1.54) is 12.8 Å². The Balaban J connectivity index is 0.000000364. The van der Waals surface area contributed by atoms with Crippen LogP contribution >= 0.6 is 0 Å². The SMILES string of the molecule is CCOC(=O)CNC1CC1.O=C(O)O. The van der Waals surface area contributed by atoms with Gasteiger partial charge in [0.15, 0.2) is 0 Å². The molecule has 1 saturated carbocycles. The Morgan fingerprint density at radius 1 is 1.43 bits per heavy atom. The van der Waals surface area contributed by atoms with Crippen LogP contribution in [0.3, 0.4) is 0 Å². The number of ether oxygens (including phenoxy) is 1. The number of hydrogen-bond acceptors (Lipinski definition) is 4. The van der Waals surface area contributed by atoms with Gasteiger partial charge in [-0.3, -0.25) is 4.79 Å². The van der Waals surface area contributed by atoms with Crippen LogP contribution in [0.15, 0.2) is 0 Å². The molecule has 0 atom stereocenters. The summed E-state index contributed by atoms with van der Waals surface area (Å²) >= 11 is 0. The first-order chi connectivity index (χ1) is 6.56. The van der Waals surface area contributed by atoms with Crippen LogP contribution in [0.25, 0.3) is 0 Å². The van der Waals surface area contributed by atoms with Crippen molar-refractivity contribution in [2.75, 3.05) is 13.2 Å². The Morgan fingerprint density at radius 2 is 1.93 bits per heavy atom. The molecule has 82 valence electrons. The van der Waals surface area contributed by atoms with E-state index < -0.39 is 6.16 Å². The lowest BCUT2D eigenvalue weighted by Crippen LogP contribution is -2.26. The van der Waals surface area contributed by atoms with Crippen molar-refractivity contribution in [1.29, 1.82) is 0 Å². The van der Waals surface area contributed by atoms with Gasteiger partial charge >= 0.3 is 12.1 Å². The van der Waals surface area contributed by atoms with E-state index in [9.17, 15) is 4.79 Å². The van der Waals surface area contributed by atoms with Crippen LogP contribution in [-0.2, 0) is 9.53 Å². The van der Waals surface area contributed by atoms with Crippen LogP contribution in [0.5, 0.6) is 0 Å². The zero-order valence-corrected chi connectivity index (χ0v) is 8.02. The highest BCUT2D eigenvalue weighted by Crippen LogP contribution is 2.17. The minimum atomic E-state index is -1.83.